The minimum Gasteiger partial charge on any atom is -0.368 e. The zero-order chi connectivity index (χ0) is 14.7. The molecule has 1 atom stereocenters. The highest BCUT2D eigenvalue weighted by molar-refractivity contribution is 5.81. The lowest BCUT2D eigenvalue weighted by atomic mass is 10.2. The van der Waals surface area contributed by atoms with Gasteiger partial charge in [-0.1, -0.05) is 12.8 Å². The van der Waals surface area contributed by atoms with E-state index in [1.54, 1.807) is 0 Å². The number of ether oxygens (including phenoxy) is 1. The summed E-state index contributed by atoms with van der Waals surface area (Å²) in [6.07, 6.45) is 6.20. The lowest BCUT2D eigenvalue weighted by molar-refractivity contribution is -0.142. The van der Waals surface area contributed by atoms with Gasteiger partial charge in [0.1, 0.15) is 6.10 Å². The standard InChI is InChI=1S/C15H25N3O3/c19-14(13-6-3-11-21-13)17-7-9-18(10-8-17)15(20)16-12-4-1-2-5-12/h12-13H,1-11H2,(H,16,20)/t13-/m1/s1. The van der Waals surface area contributed by atoms with Crippen LogP contribution in [0.1, 0.15) is 38.5 Å². The fourth-order valence-electron chi connectivity index (χ4n) is 3.44. The van der Waals surface area contributed by atoms with Crippen molar-refractivity contribution in [1.82, 2.24) is 15.1 Å². The summed E-state index contributed by atoms with van der Waals surface area (Å²) in [5.74, 6) is 0.100. The summed E-state index contributed by atoms with van der Waals surface area (Å²) in [4.78, 5) is 28.1. The Balaban J connectivity index is 1.43. The van der Waals surface area contributed by atoms with Gasteiger partial charge in [-0.05, 0) is 25.7 Å². The van der Waals surface area contributed by atoms with Crippen LogP contribution in [0.2, 0.25) is 0 Å². The molecule has 6 nitrogen and oxygen atoms in total. The van der Waals surface area contributed by atoms with Gasteiger partial charge in [0, 0.05) is 38.8 Å². The summed E-state index contributed by atoms with van der Waals surface area (Å²) in [5, 5.41) is 3.11. The number of carbonyl (C=O) groups is 2. The number of hydrogen-bond donors (Lipinski definition) is 1. The molecular weight excluding hydrogens is 270 g/mol. The van der Waals surface area contributed by atoms with Crippen LogP contribution in [-0.2, 0) is 9.53 Å². The molecule has 2 saturated heterocycles. The Labute approximate surface area is 125 Å². The van der Waals surface area contributed by atoms with E-state index < -0.39 is 0 Å². The van der Waals surface area contributed by atoms with Gasteiger partial charge in [0.2, 0.25) is 0 Å². The van der Waals surface area contributed by atoms with Gasteiger partial charge in [-0.2, -0.15) is 0 Å². The van der Waals surface area contributed by atoms with E-state index in [-0.39, 0.29) is 18.0 Å². The lowest BCUT2D eigenvalue weighted by Crippen LogP contribution is -2.55. The monoisotopic (exact) mass is 295 g/mol. The van der Waals surface area contributed by atoms with Gasteiger partial charge >= 0.3 is 6.03 Å². The molecule has 3 fully saturated rings. The quantitative estimate of drug-likeness (QED) is 0.825. The number of nitrogens with zero attached hydrogens (tertiary/aromatic N) is 2. The molecule has 3 rings (SSSR count). The summed E-state index contributed by atoms with van der Waals surface area (Å²) in [6.45, 7) is 3.18. The molecule has 1 aliphatic carbocycles. The van der Waals surface area contributed by atoms with Crippen LogP contribution in [0.3, 0.4) is 0 Å². The van der Waals surface area contributed by atoms with Crippen LogP contribution in [0.4, 0.5) is 4.79 Å². The average molecular weight is 295 g/mol. The molecule has 0 spiro atoms. The van der Waals surface area contributed by atoms with Gasteiger partial charge in [0.15, 0.2) is 0 Å². The highest BCUT2D eigenvalue weighted by Gasteiger charge is 2.31. The molecule has 2 heterocycles. The van der Waals surface area contributed by atoms with Crippen molar-refractivity contribution >= 4 is 11.9 Å². The molecule has 3 amide bonds. The second-order valence-electron chi connectivity index (χ2n) is 6.24. The zero-order valence-corrected chi connectivity index (χ0v) is 12.6. The maximum atomic E-state index is 12.2. The molecule has 2 aliphatic heterocycles. The van der Waals surface area contributed by atoms with E-state index in [2.05, 4.69) is 5.32 Å². The van der Waals surface area contributed by atoms with Crippen molar-refractivity contribution in [2.24, 2.45) is 0 Å². The first kappa shape index (κ1) is 14.6. The maximum absolute atomic E-state index is 12.2. The van der Waals surface area contributed by atoms with E-state index >= 15 is 0 Å². The molecule has 21 heavy (non-hydrogen) atoms. The van der Waals surface area contributed by atoms with Crippen molar-refractivity contribution < 1.29 is 14.3 Å². The van der Waals surface area contributed by atoms with Crippen molar-refractivity contribution in [2.45, 2.75) is 50.7 Å². The summed E-state index contributed by atoms with van der Waals surface area (Å²) in [6, 6.07) is 0.384. The van der Waals surface area contributed by atoms with Crippen LogP contribution in [0.25, 0.3) is 0 Å². The van der Waals surface area contributed by atoms with Crippen molar-refractivity contribution in [2.75, 3.05) is 32.8 Å². The van der Waals surface area contributed by atoms with Crippen LogP contribution in [0.15, 0.2) is 0 Å². The van der Waals surface area contributed by atoms with Crippen LogP contribution in [-0.4, -0.2) is 66.7 Å². The number of piperazine rings is 1. The molecular formula is C15H25N3O3. The normalized spacial score (nSPS) is 27.1. The lowest BCUT2D eigenvalue weighted by Gasteiger charge is -2.36. The molecule has 0 aromatic heterocycles. The number of amides is 3. The Kier molecular flexibility index (Phi) is 4.63. The maximum Gasteiger partial charge on any atom is 0.317 e. The molecule has 0 aromatic rings. The summed E-state index contributed by atoms with van der Waals surface area (Å²) >= 11 is 0. The SMILES string of the molecule is O=C(NC1CCCC1)N1CCN(C(=O)[C@H]2CCCO2)CC1. The van der Waals surface area contributed by atoms with E-state index in [4.69, 9.17) is 4.74 Å². The zero-order valence-electron chi connectivity index (χ0n) is 12.6. The fourth-order valence-corrected chi connectivity index (χ4v) is 3.44. The van der Waals surface area contributed by atoms with Crippen molar-refractivity contribution in [3.05, 3.63) is 0 Å². The minimum atomic E-state index is -0.246. The van der Waals surface area contributed by atoms with Crippen molar-refractivity contribution in [3.63, 3.8) is 0 Å². The number of nitrogens with one attached hydrogen (secondary N) is 1. The first-order valence-corrected chi connectivity index (χ1v) is 8.20. The number of rotatable bonds is 2. The third-order valence-electron chi connectivity index (χ3n) is 4.77. The first-order valence-electron chi connectivity index (χ1n) is 8.20. The Morgan fingerprint density at radius 2 is 1.57 bits per heavy atom. The van der Waals surface area contributed by atoms with Gasteiger partial charge < -0.3 is 19.9 Å². The highest BCUT2D eigenvalue weighted by Crippen LogP contribution is 2.19. The van der Waals surface area contributed by atoms with E-state index in [0.29, 0.717) is 38.8 Å². The van der Waals surface area contributed by atoms with Crippen molar-refractivity contribution in [1.29, 1.82) is 0 Å². The third-order valence-corrected chi connectivity index (χ3v) is 4.77. The Hall–Kier alpha value is -1.30. The number of carbonyl (C=O) groups excluding carboxylic acids is 2. The summed E-state index contributed by atoms with van der Waals surface area (Å²) < 4.78 is 5.45. The van der Waals surface area contributed by atoms with Gasteiger partial charge in [0.25, 0.3) is 5.91 Å². The van der Waals surface area contributed by atoms with Crippen LogP contribution in [0, 0.1) is 0 Å². The molecule has 0 radical (unpaired) electrons. The summed E-state index contributed by atoms with van der Waals surface area (Å²) in [5.41, 5.74) is 0. The molecule has 3 aliphatic rings. The fraction of sp³-hybridized carbons (Fsp3) is 0.867. The highest BCUT2D eigenvalue weighted by atomic mass is 16.5. The molecule has 0 unspecified atom stereocenters. The molecule has 0 aromatic carbocycles. The van der Waals surface area contributed by atoms with Crippen LogP contribution < -0.4 is 5.32 Å². The van der Waals surface area contributed by atoms with Crippen molar-refractivity contribution in [3.8, 4) is 0 Å². The van der Waals surface area contributed by atoms with E-state index in [9.17, 15) is 9.59 Å². The average Bonchev–Trinajstić information content (AvgIpc) is 3.20. The number of hydrogen-bond acceptors (Lipinski definition) is 3. The van der Waals surface area contributed by atoms with Crippen LogP contribution in [0.5, 0.6) is 0 Å². The topological polar surface area (TPSA) is 61.9 Å². The Morgan fingerprint density at radius 1 is 0.905 bits per heavy atom. The van der Waals surface area contributed by atoms with E-state index in [1.165, 1.54) is 12.8 Å². The Morgan fingerprint density at radius 3 is 2.19 bits per heavy atom. The van der Waals surface area contributed by atoms with Gasteiger partial charge in [-0.3, -0.25) is 4.79 Å². The van der Waals surface area contributed by atoms with Gasteiger partial charge in [-0.25, -0.2) is 4.79 Å². The van der Waals surface area contributed by atoms with Gasteiger partial charge in [-0.15, -0.1) is 0 Å². The Bertz CT molecular complexity index is 382. The van der Waals surface area contributed by atoms with E-state index in [0.717, 1.165) is 25.7 Å². The molecule has 0 bridgehead atoms. The number of urea groups is 1. The first-order chi connectivity index (χ1) is 10.2. The second kappa shape index (κ2) is 6.64. The van der Waals surface area contributed by atoms with E-state index in [1.807, 2.05) is 9.80 Å². The second-order valence-corrected chi connectivity index (χ2v) is 6.24. The molecule has 1 N–H and O–H groups in total. The largest absolute Gasteiger partial charge is 0.368 e. The smallest absolute Gasteiger partial charge is 0.317 e. The van der Waals surface area contributed by atoms with Crippen LogP contribution >= 0.6 is 0 Å². The molecule has 118 valence electrons. The molecule has 1 saturated carbocycles. The molecule has 6 heteroatoms. The summed E-state index contributed by atoms with van der Waals surface area (Å²) in [7, 11) is 0. The third kappa shape index (κ3) is 3.48. The minimum absolute atomic E-state index is 0.0334. The van der Waals surface area contributed by atoms with Gasteiger partial charge in [0.05, 0.1) is 0 Å². The predicted octanol–water partition coefficient (Wildman–Crippen LogP) is 0.962. The predicted molar refractivity (Wildman–Crippen MR) is 77.9 cm³/mol.